The zero-order valence-electron chi connectivity index (χ0n) is 10.2. The number of nitrogens with zero attached hydrogens (tertiary/aromatic N) is 2. The fourth-order valence-electron chi connectivity index (χ4n) is 1.30. The maximum Gasteiger partial charge on any atom is 0.254 e. The van der Waals surface area contributed by atoms with Gasteiger partial charge in [0.1, 0.15) is 0 Å². The van der Waals surface area contributed by atoms with E-state index in [2.05, 4.69) is 0 Å². The molecule has 1 rings (SSSR count). The molecule has 18 heavy (non-hydrogen) atoms. The lowest BCUT2D eigenvalue weighted by atomic mass is 10.1. The zero-order valence-corrected chi connectivity index (χ0v) is 11.7. The number of halogens is 2. The Morgan fingerprint density at radius 3 is 1.39 bits per heavy atom. The van der Waals surface area contributed by atoms with Gasteiger partial charge in [0.05, 0.1) is 12.0 Å². The van der Waals surface area contributed by atoms with Crippen LogP contribution in [0.15, 0.2) is 24.3 Å². The number of carbonyl (C=O) groups excluding carboxylic acids is 2. The fraction of sp³-hybridized carbons (Fsp3) is 0.333. The summed E-state index contributed by atoms with van der Waals surface area (Å²) in [4.78, 5) is 26.3. The highest BCUT2D eigenvalue weighted by Gasteiger charge is 2.13. The minimum absolute atomic E-state index is 0.120. The van der Waals surface area contributed by atoms with E-state index >= 15 is 0 Å². The van der Waals surface area contributed by atoms with Gasteiger partial charge in [0, 0.05) is 25.2 Å². The number of amides is 2. The Morgan fingerprint density at radius 2 is 1.17 bits per heavy atom. The molecule has 0 aliphatic carbocycles. The lowest BCUT2D eigenvalue weighted by Gasteiger charge is -2.15. The van der Waals surface area contributed by atoms with Crippen LogP contribution < -0.4 is 0 Å². The van der Waals surface area contributed by atoms with Crippen molar-refractivity contribution in [3.8, 4) is 0 Å². The number of rotatable bonds is 4. The molecule has 0 spiro atoms. The van der Waals surface area contributed by atoms with Gasteiger partial charge < -0.3 is 9.80 Å². The minimum Gasteiger partial charge on any atom is -0.328 e. The van der Waals surface area contributed by atoms with Gasteiger partial charge in [0.15, 0.2) is 0 Å². The summed E-state index contributed by atoms with van der Waals surface area (Å²) < 4.78 is 0. The average Bonchev–Trinajstić information content (AvgIpc) is 2.44. The van der Waals surface area contributed by atoms with Crippen molar-refractivity contribution in [3.05, 3.63) is 35.4 Å². The highest BCUT2D eigenvalue weighted by molar-refractivity contribution is 6.19. The fourth-order valence-corrected chi connectivity index (χ4v) is 1.52. The van der Waals surface area contributed by atoms with Gasteiger partial charge in [-0.3, -0.25) is 9.59 Å². The van der Waals surface area contributed by atoms with E-state index in [9.17, 15) is 9.59 Å². The van der Waals surface area contributed by atoms with E-state index in [1.165, 1.54) is 9.80 Å². The van der Waals surface area contributed by atoms with Gasteiger partial charge in [0.2, 0.25) is 0 Å². The molecule has 0 radical (unpaired) electrons. The summed E-state index contributed by atoms with van der Waals surface area (Å²) in [6.45, 7) is 0. The molecule has 6 heteroatoms. The van der Waals surface area contributed by atoms with Crippen LogP contribution in [0.25, 0.3) is 0 Å². The maximum atomic E-state index is 11.8. The first-order valence-electron chi connectivity index (χ1n) is 5.24. The van der Waals surface area contributed by atoms with Crippen LogP contribution in [0, 0.1) is 0 Å². The first-order valence-corrected chi connectivity index (χ1v) is 6.31. The molecular formula is C12H14Cl2N2O2. The summed E-state index contributed by atoms with van der Waals surface area (Å²) in [7, 11) is 3.21. The Balaban J connectivity index is 2.86. The largest absolute Gasteiger partial charge is 0.328 e. The average molecular weight is 289 g/mol. The monoisotopic (exact) mass is 288 g/mol. The van der Waals surface area contributed by atoms with E-state index in [1.54, 1.807) is 38.4 Å². The van der Waals surface area contributed by atoms with Crippen LogP contribution in [0.1, 0.15) is 20.7 Å². The quantitative estimate of drug-likeness (QED) is 0.630. The van der Waals surface area contributed by atoms with Gasteiger partial charge in [-0.05, 0) is 24.3 Å². The molecule has 0 bridgehead atoms. The topological polar surface area (TPSA) is 40.6 Å². The SMILES string of the molecule is CN(CCl)C(=O)c1ccc(C(=O)N(C)CCl)cc1. The highest BCUT2D eigenvalue weighted by Crippen LogP contribution is 2.09. The third kappa shape index (κ3) is 3.37. The van der Waals surface area contributed by atoms with E-state index in [0.717, 1.165) is 0 Å². The molecule has 98 valence electrons. The Bertz CT molecular complexity index is 393. The second-order valence-corrected chi connectivity index (χ2v) is 4.30. The molecule has 0 saturated heterocycles. The Hall–Kier alpha value is -1.26. The maximum absolute atomic E-state index is 11.8. The van der Waals surface area contributed by atoms with Crippen molar-refractivity contribution < 1.29 is 9.59 Å². The summed E-state index contributed by atoms with van der Waals surface area (Å²) in [6, 6.07) is 6.63. The van der Waals surface area contributed by atoms with Crippen LogP contribution in [-0.4, -0.2) is 47.7 Å². The van der Waals surface area contributed by atoms with Gasteiger partial charge in [-0.25, -0.2) is 0 Å². The van der Waals surface area contributed by atoms with Gasteiger partial charge in [0.25, 0.3) is 11.8 Å². The van der Waals surface area contributed by atoms with Crippen molar-refractivity contribution in [2.75, 3.05) is 26.1 Å². The van der Waals surface area contributed by atoms with Crippen LogP contribution in [0.5, 0.6) is 0 Å². The molecule has 0 saturated carbocycles. The van der Waals surface area contributed by atoms with Gasteiger partial charge >= 0.3 is 0 Å². The number of carbonyl (C=O) groups is 2. The first kappa shape index (κ1) is 14.8. The number of benzene rings is 1. The molecule has 0 unspecified atom stereocenters. The number of hydrogen-bond donors (Lipinski definition) is 0. The predicted molar refractivity (Wildman–Crippen MR) is 72.1 cm³/mol. The van der Waals surface area contributed by atoms with Gasteiger partial charge in [-0.15, -0.1) is 23.2 Å². The lowest BCUT2D eigenvalue weighted by Crippen LogP contribution is -2.26. The van der Waals surface area contributed by atoms with E-state index in [4.69, 9.17) is 23.2 Å². The summed E-state index contributed by atoms with van der Waals surface area (Å²) >= 11 is 11.1. The van der Waals surface area contributed by atoms with Gasteiger partial charge in [-0.2, -0.15) is 0 Å². The summed E-state index contributed by atoms with van der Waals surface area (Å²) in [5.74, 6) is -0.371. The summed E-state index contributed by atoms with van der Waals surface area (Å²) in [6.07, 6.45) is 0. The van der Waals surface area contributed by atoms with E-state index in [-0.39, 0.29) is 23.8 Å². The van der Waals surface area contributed by atoms with Crippen LogP contribution in [-0.2, 0) is 0 Å². The van der Waals surface area contributed by atoms with Crippen molar-refractivity contribution in [2.45, 2.75) is 0 Å². The Labute approximate surface area is 116 Å². The molecule has 0 N–H and O–H groups in total. The molecule has 0 heterocycles. The van der Waals surface area contributed by atoms with Crippen LogP contribution in [0.2, 0.25) is 0 Å². The normalized spacial score (nSPS) is 10.0. The molecule has 1 aromatic rings. The van der Waals surface area contributed by atoms with Crippen molar-refractivity contribution in [1.82, 2.24) is 9.80 Å². The molecule has 0 aliphatic rings. The molecule has 4 nitrogen and oxygen atoms in total. The summed E-state index contributed by atoms with van der Waals surface area (Å²) in [5, 5.41) is 0. The third-order valence-corrected chi connectivity index (χ3v) is 3.15. The highest BCUT2D eigenvalue weighted by atomic mass is 35.5. The molecular weight excluding hydrogens is 275 g/mol. The van der Waals surface area contributed by atoms with Crippen molar-refractivity contribution in [2.24, 2.45) is 0 Å². The molecule has 2 amide bonds. The molecule has 0 aliphatic heterocycles. The van der Waals surface area contributed by atoms with Crippen LogP contribution >= 0.6 is 23.2 Å². The second kappa shape index (κ2) is 6.61. The summed E-state index contributed by atoms with van der Waals surface area (Å²) in [5.41, 5.74) is 0.978. The van der Waals surface area contributed by atoms with E-state index < -0.39 is 0 Å². The zero-order chi connectivity index (χ0) is 13.7. The van der Waals surface area contributed by atoms with Crippen LogP contribution in [0.4, 0.5) is 0 Å². The second-order valence-electron chi connectivity index (χ2n) is 3.82. The predicted octanol–water partition coefficient (Wildman–Crippen LogP) is 2.22. The van der Waals surface area contributed by atoms with Crippen molar-refractivity contribution >= 4 is 35.0 Å². The van der Waals surface area contributed by atoms with Crippen molar-refractivity contribution in [3.63, 3.8) is 0 Å². The van der Waals surface area contributed by atoms with E-state index in [0.29, 0.717) is 11.1 Å². The van der Waals surface area contributed by atoms with E-state index in [1.807, 2.05) is 0 Å². The standard InChI is InChI=1S/C12H14Cl2N2O2/c1-15(7-13)11(17)9-3-5-10(6-4-9)12(18)16(2)8-14/h3-6H,7-8H2,1-2H3. The number of hydrogen-bond acceptors (Lipinski definition) is 2. The number of alkyl halides is 2. The smallest absolute Gasteiger partial charge is 0.254 e. The van der Waals surface area contributed by atoms with Crippen molar-refractivity contribution in [1.29, 1.82) is 0 Å². The molecule has 1 aromatic carbocycles. The van der Waals surface area contributed by atoms with Gasteiger partial charge in [-0.1, -0.05) is 0 Å². The third-order valence-electron chi connectivity index (χ3n) is 2.43. The van der Waals surface area contributed by atoms with Crippen LogP contribution in [0.3, 0.4) is 0 Å². The minimum atomic E-state index is -0.185. The molecule has 0 aromatic heterocycles. The molecule has 0 atom stereocenters. The first-order chi connectivity index (χ1) is 8.51. The molecule has 0 fully saturated rings. The Morgan fingerprint density at radius 1 is 0.889 bits per heavy atom. The Kier molecular flexibility index (Phi) is 5.44. The lowest BCUT2D eigenvalue weighted by molar-refractivity contribution is 0.0807.